The van der Waals surface area contributed by atoms with Crippen molar-refractivity contribution in [1.82, 2.24) is 10.6 Å². The molecule has 0 heterocycles. The number of methoxy groups -OCH3 is 1. The van der Waals surface area contributed by atoms with E-state index in [0.29, 0.717) is 25.3 Å². The molecule has 0 radical (unpaired) electrons. The lowest BCUT2D eigenvalue weighted by Crippen LogP contribution is -2.34. The lowest BCUT2D eigenvalue weighted by molar-refractivity contribution is -0.120. The number of nitrogens with zero attached hydrogens (tertiary/aromatic N) is 1. The molecule has 102 valence electrons. The van der Waals surface area contributed by atoms with Crippen LogP contribution in [0.4, 0.5) is 0 Å². The zero-order valence-corrected chi connectivity index (χ0v) is 11.1. The van der Waals surface area contributed by atoms with Crippen molar-refractivity contribution in [1.29, 1.82) is 5.26 Å². The molecule has 19 heavy (non-hydrogen) atoms. The van der Waals surface area contributed by atoms with Gasteiger partial charge in [-0.25, -0.2) is 0 Å². The van der Waals surface area contributed by atoms with Gasteiger partial charge >= 0.3 is 0 Å². The molecule has 5 nitrogen and oxygen atoms in total. The summed E-state index contributed by atoms with van der Waals surface area (Å²) in [5.41, 5.74) is 1.62. The zero-order valence-electron chi connectivity index (χ0n) is 11.1. The maximum atomic E-state index is 11.5. The average Bonchev–Trinajstić information content (AvgIpc) is 2.44. The van der Waals surface area contributed by atoms with Gasteiger partial charge in [0.2, 0.25) is 5.91 Å². The van der Waals surface area contributed by atoms with Crippen molar-refractivity contribution in [3.05, 3.63) is 35.4 Å². The van der Waals surface area contributed by atoms with Gasteiger partial charge in [0.25, 0.3) is 0 Å². The number of benzene rings is 1. The minimum absolute atomic E-state index is 0.0347. The molecule has 0 bridgehead atoms. The van der Waals surface area contributed by atoms with Crippen molar-refractivity contribution >= 4 is 5.91 Å². The Hall–Kier alpha value is -1.90. The van der Waals surface area contributed by atoms with Crippen molar-refractivity contribution in [2.45, 2.75) is 13.0 Å². The Morgan fingerprint density at radius 2 is 2.32 bits per heavy atom. The summed E-state index contributed by atoms with van der Waals surface area (Å²) in [5, 5.41) is 14.6. The molecule has 0 unspecified atom stereocenters. The van der Waals surface area contributed by atoms with Gasteiger partial charge in [0.1, 0.15) is 0 Å². The third kappa shape index (κ3) is 6.55. The van der Waals surface area contributed by atoms with Crippen LogP contribution in [0.3, 0.4) is 0 Å². The van der Waals surface area contributed by atoms with Crippen LogP contribution in [0.15, 0.2) is 24.3 Å². The van der Waals surface area contributed by atoms with Gasteiger partial charge in [-0.1, -0.05) is 12.1 Å². The molecule has 1 rings (SSSR count). The second-order valence-electron chi connectivity index (χ2n) is 4.11. The van der Waals surface area contributed by atoms with Crippen LogP contribution in [0.2, 0.25) is 0 Å². The van der Waals surface area contributed by atoms with E-state index in [2.05, 4.69) is 16.7 Å². The summed E-state index contributed by atoms with van der Waals surface area (Å²) in [6, 6.07) is 9.41. The third-order valence-corrected chi connectivity index (χ3v) is 2.52. The molecular formula is C14H19N3O2. The summed E-state index contributed by atoms with van der Waals surface area (Å²) in [4.78, 5) is 11.5. The summed E-state index contributed by atoms with van der Waals surface area (Å²) in [5.74, 6) is -0.0347. The predicted molar refractivity (Wildman–Crippen MR) is 72.4 cm³/mol. The van der Waals surface area contributed by atoms with Crippen molar-refractivity contribution in [3.63, 3.8) is 0 Å². The maximum Gasteiger partial charge on any atom is 0.233 e. The first-order valence-corrected chi connectivity index (χ1v) is 6.21. The van der Waals surface area contributed by atoms with Gasteiger partial charge in [-0.05, 0) is 24.1 Å². The summed E-state index contributed by atoms with van der Waals surface area (Å²) >= 11 is 0. The van der Waals surface area contributed by atoms with E-state index in [1.165, 1.54) is 0 Å². The van der Waals surface area contributed by atoms with Crippen LogP contribution >= 0.6 is 0 Å². The molecule has 0 aliphatic heterocycles. The number of rotatable bonds is 8. The summed E-state index contributed by atoms with van der Waals surface area (Å²) in [6.07, 6.45) is 0.812. The van der Waals surface area contributed by atoms with E-state index in [4.69, 9.17) is 10.00 Å². The van der Waals surface area contributed by atoms with E-state index < -0.39 is 0 Å². The van der Waals surface area contributed by atoms with E-state index >= 15 is 0 Å². The molecule has 1 aromatic rings. The second-order valence-corrected chi connectivity index (χ2v) is 4.11. The first kappa shape index (κ1) is 15.2. The van der Waals surface area contributed by atoms with Crippen LogP contribution < -0.4 is 10.6 Å². The molecule has 0 aliphatic rings. The molecule has 0 fully saturated rings. The van der Waals surface area contributed by atoms with Crippen molar-refractivity contribution in [2.75, 3.05) is 26.8 Å². The zero-order chi connectivity index (χ0) is 13.9. The Labute approximate surface area is 113 Å². The quantitative estimate of drug-likeness (QED) is 0.679. The number of ether oxygens (including phenoxy) is 1. The highest BCUT2D eigenvalue weighted by Gasteiger charge is 2.00. The lowest BCUT2D eigenvalue weighted by Gasteiger charge is -2.06. The number of nitriles is 1. The Morgan fingerprint density at radius 1 is 1.47 bits per heavy atom. The largest absolute Gasteiger partial charge is 0.385 e. The number of hydrogen-bond acceptors (Lipinski definition) is 4. The molecule has 1 amide bonds. The highest BCUT2D eigenvalue weighted by Crippen LogP contribution is 2.03. The van der Waals surface area contributed by atoms with E-state index in [0.717, 1.165) is 12.0 Å². The minimum atomic E-state index is -0.0347. The Balaban J connectivity index is 2.19. The van der Waals surface area contributed by atoms with E-state index in [1.54, 1.807) is 13.2 Å². The Morgan fingerprint density at radius 3 is 3.05 bits per heavy atom. The first-order valence-electron chi connectivity index (χ1n) is 6.21. The molecule has 1 aromatic carbocycles. The number of nitrogens with one attached hydrogen (secondary N) is 2. The predicted octanol–water partition coefficient (Wildman–Crippen LogP) is 0.801. The normalized spacial score (nSPS) is 9.89. The molecule has 0 atom stereocenters. The molecule has 0 aromatic heterocycles. The fraction of sp³-hybridized carbons (Fsp3) is 0.429. The van der Waals surface area contributed by atoms with Gasteiger partial charge in [0.05, 0.1) is 18.2 Å². The standard InChI is InChI=1S/C14H19N3O2/c1-19-7-3-6-17-14(18)11-16-10-13-5-2-4-12(8-13)9-15/h2,4-5,8,16H,3,6-7,10-11H2,1H3,(H,17,18). The number of carbonyl (C=O) groups is 1. The van der Waals surface area contributed by atoms with Crippen LogP contribution in [0, 0.1) is 11.3 Å². The smallest absolute Gasteiger partial charge is 0.233 e. The van der Waals surface area contributed by atoms with E-state index in [-0.39, 0.29) is 12.5 Å². The fourth-order valence-electron chi connectivity index (χ4n) is 1.58. The summed E-state index contributed by atoms with van der Waals surface area (Å²) in [6.45, 7) is 2.11. The van der Waals surface area contributed by atoms with Crippen LogP contribution in [-0.2, 0) is 16.1 Å². The average molecular weight is 261 g/mol. The monoisotopic (exact) mass is 261 g/mol. The molecule has 0 saturated heterocycles. The van der Waals surface area contributed by atoms with Gasteiger partial charge in [0.15, 0.2) is 0 Å². The number of amides is 1. The maximum absolute atomic E-state index is 11.5. The van der Waals surface area contributed by atoms with Gasteiger partial charge in [-0.15, -0.1) is 0 Å². The SMILES string of the molecule is COCCCNC(=O)CNCc1cccc(C#N)c1. The van der Waals surface area contributed by atoms with Crippen molar-refractivity contribution in [2.24, 2.45) is 0 Å². The van der Waals surface area contributed by atoms with E-state index in [9.17, 15) is 4.79 Å². The van der Waals surface area contributed by atoms with Crippen molar-refractivity contribution < 1.29 is 9.53 Å². The lowest BCUT2D eigenvalue weighted by atomic mass is 10.1. The van der Waals surface area contributed by atoms with Crippen LogP contribution in [0.25, 0.3) is 0 Å². The van der Waals surface area contributed by atoms with Crippen LogP contribution in [0.5, 0.6) is 0 Å². The summed E-state index contributed by atoms with van der Waals surface area (Å²) in [7, 11) is 1.64. The molecule has 0 saturated carbocycles. The van der Waals surface area contributed by atoms with Gasteiger partial charge in [-0.2, -0.15) is 5.26 Å². The topological polar surface area (TPSA) is 74.2 Å². The molecule has 2 N–H and O–H groups in total. The highest BCUT2D eigenvalue weighted by atomic mass is 16.5. The molecule has 0 aliphatic carbocycles. The number of carbonyl (C=O) groups excluding carboxylic acids is 1. The van der Waals surface area contributed by atoms with Crippen LogP contribution in [0.1, 0.15) is 17.5 Å². The van der Waals surface area contributed by atoms with Crippen LogP contribution in [-0.4, -0.2) is 32.7 Å². The number of hydrogen-bond donors (Lipinski definition) is 2. The molecule has 0 spiro atoms. The van der Waals surface area contributed by atoms with Gasteiger partial charge in [0, 0.05) is 26.8 Å². The summed E-state index contributed by atoms with van der Waals surface area (Å²) < 4.78 is 4.89. The van der Waals surface area contributed by atoms with Crippen molar-refractivity contribution in [3.8, 4) is 6.07 Å². The highest BCUT2D eigenvalue weighted by molar-refractivity contribution is 5.77. The molecular weight excluding hydrogens is 242 g/mol. The van der Waals surface area contributed by atoms with E-state index in [1.807, 2.05) is 18.2 Å². The molecule has 5 heteroatoms. The van der Waals surface area contributed by atoms with Gasteiger partial charge in [-0.3, -0.25) is 4.79 Å². The Kier molecular flexibility index (Phi) is 7.25. The first-order chi connectivity index (χ1) is 9.26. The Bertz CT molecular complexity index is 441. The second kappa shape index (κ2) is 9.09. The van der Waals surface area contributed by atoms with Gasteiger partial charge < -0.3 is 15.4 Å². The minimum Gasteiger partial charge on any atom is -0.385 e. The third-order valence-electron chi connectivity index (χ3n) is 2.52. The fourth-order valence-corrected chi connectivity index (χ4v) is 1.58.